The van der Waals surface area contributed by atoms with E-state index < -0.39 is 0 Å². The number of nitrogens with zero attached hydrogens (tertiary/aromatic N) is 2. The van der Waals surface area contributed by atoms with Gasteiger partial charge in [-0.1, -0.05) is 34.6 Å². The van der Waals surface area contributed by atoms with Crippen LogP contribution in [0.4, 0.5) is 0 Å². The molecule has 1 N–H and O–H groups in total. The van der Waals surface area contributed by atoms with Crippen LogP contribution in [0.1, 0.15) is 40.3 Å². The Hall–Kier alpha value is -0.450. The van der Waals surface area contributed by atoms with Crippen molar-refractivity contribution >= 4 is 11.3 Å². The van der Waals surface area contributed by atoms with Gasteiger partial charge in [0.05, 0.1) is 11.2 Å². The molecule has 1 aromatic rings. The zero-order valence-electron chi connectivity index (χ0n) is 12.8. The summed E-state index contributed by atoms with van der Waals surface area (Å²) in [6, 6.07) is 1.17. The van der Waals surface area contributed by atoms with Crippen LogP contribution in [0.3, 0.4) is 0 Å². The molecular weight excluding hydrogens is 254 g/mol. The Morgan fingerprint density at radius 3 is 2.74 bits per heavy atom. The highest BCUT2D eigenvalue weighted by atomic mass is 32.1. The molecule has 1 aromatic heterocycles. The van der Waals surface area contributed by atoms with Crippen molar-refractivity contribution in [3.05, 3.63) is 16.6 Å². The lowest BCUT2D eigenvalue weighted by Gasteiger charge is -2.46. The van der Waals surface area contributed by atoms with Crippen LogP contribution in [0.25, 0.3) is 0 Å². The number of hydrogen-bond acceptors (Lipinski definition) is 4. The molecule has 3 nitrogen and oxygen atoms in total. The van der Waals surface area contributed by atoms with Gasteiger partial charge in [-0.3, -0.25) is 4.90 Å². The Kier molecular flexibility index (Phi) is 4.64. The van der Waals surface area contributed by atoms with Crippen LogP contribution in [0.2, 0.25) is 0 Å². The monoisotopic (exact) mass is 281 g/mol. The minimum Gasteiger partial charge on any atom is -0.311 e. The summed E-state index contributed by atoms with van der Waals surface area (Å²) in [5.41, 5.74) is 3.45. The van der Waals surface area contributed by atoms with Crippen molar-refractivity contribution in [1.29, 1.82) is 0 Å². The lowest BCUT2D eigenvalue weighted by molar-refractivity contribution is 0.0564. The Morgan fingerprint density at radius 1 is 1.47 bits per heavy atom. The molecule has 0 radical (unpaired) electrons. The highest BCUT2D eigenvalue weighted by Crippen LogP contribution is 2.26. The average molecular weight is 281 g/mol. The van der Waals surface area contributed by atoms with Gasteiger partial charge in [0.25, 0.3) is 0 Å². The summed E-state index contributed by atoms with van der Waals surface area (Å²) < 4.78 is 0. The molecule has 2 atom stereocenters. The zero-order chi connectivity index (χ0) is 14.0. The fourth-order valence-electron chi connectivity index (χ4n) is 2.77. The summed E-state index contributed by atoms with van der Waals surface area (Å²) >= 11 is 1.69. The van der Waals surface area contributed by atoms with E-state index in [0.29, 0.717) is 23.4 Å². The molecule has 19 heavy (non-hydrogen) atoms. The molecule has 2 heterocycles. The third-order valence-electron chi connectivity index (χ3n) is 4.12. The van der Waals surface area contributed by atoms with Crippen molar-refractivity contribution in [2.45, 2.75) is 53.2 Å². The molecule has 0 amide bonds. The first-order chi connectivity index (χ1) is 8.88. The summed E-state index contributed by atoms with van der Waals surface area (Å²) in [5, 5.41) is 5.91. The zero-order valence-corrected chi connectivity index (χ0v) is 13.6. The van der Waals surface area contributed by atoms with E-state index in [1.807, 2.05) is 5.51 Å². The topological polar surface area (TPSA) is 28.2 Å². The lowest BCUT2D eigenvalue weighted by atomic mass is 9.83. The number of rotatable bonds is 3. The maximum Gasteiger partial charge on any atom is 0.0795 e. The molecule has 108 valence electrons. The van der Waals surface area contributed by atoms with Crippen LogP contribution >= 0.6 is 11.3 Å². The van der Waals surface area contributed by atoms with Crippen molar-refractivity contribution in [2.75, 3.05) is 13.1 Å². The maximum absolute atomic E-state index is 4.45. The van der Waals surface area contributed by atoms with E-state index in [-0.39, 0.29) is 0 Å². The molecule has 4 heteroatoms. The predicted molar refractivity (Wildman–Crippen MR) is 82.4 cm³/mol. The Balaban J connectivity index is 2.08. The predicted octanol–water partition coefficient (Wildman–Crippen LogP) is 2.99. The van der Waals surface area contributed by atoms with E-state index in [4.69, 9.17) is 0 Å². The van der Waals surface area contributed by atoms with Gasteiger partial charge in [0.15, 0.2) is 0 Å². The normalized spacial score (nSPS) is 26.0. The third-order valence-corrected chi connectivity index (χ3v) is 4.76. The van der Waals surface area contributed by atoms with E-state index in [1.54, 1.807) is 11.3 Å². The van der Waals surface area contributed by atoms with E-state index in [0.717, 1.165) is 19.6 Å². The molecule has 1 fully saturated rings. The first-order valence-corrected chi connectivity index (χ1v) is 8.16. The summed E-state index contributed by atoms with van der Waals surface area (Å²) in [7, 11) is 0. The van der Waals surface area contributed by atoms with E-state index in [9.17, 15) is 0 Å². The highest BCUT2D eigenvalue weighted by molar-refractivity contribution is 7.07. The van der Waals surface area contributed by atoms with Crippen molar-refractivity contribution in [3.8, 4) is 0 Å². The Labute approximate surface area is 121 Å². The van der Waals surface area contributed by atoms with Gasteiger partial charge in [0, 0.05) is 37.1 Å². The molecule has 0 aromatic carbocycles. The van der Waals surface area contributed by atoms with Crippen molar-refractivity contribution in [2.24, 2.45) is 11.3 Å². The molecular formula is C15H27N3S. The second-order valence-electron chi connectivity index (χ2n) is 7.05. The minimum atomic E-state index is 0.308. The van der Waals surface area contributed by atoms with Gasteiger partial charge in [0.1, 0.15) is 0 Å². The SMILES string of the molecule is CC(C)C1CNC(C(C)(C)C)CN1Cc1cscn1. The van der Waals surface area contributed by atoms with Gasteiger partial charge in [0.2, 0.25) is 0 Å². The molecule has 0 bridgehead atoms. The second kappa shape index (κ2) is 5.90. The number of aromatic nitrogens is 1. The van der Waals surface area contributed by atoms with Crippen LogP contribution in [0.15, 0.2) is 10.9 Å². The van der Waals surface area contributed by atoms with Gasteiger partial charge in [-0.05, 0) is 11.3 Å². The van der Waals surface area contributed by atoms with Gasteiger partial charge in [-0.2, -0.15) is 0 Å². The van der Waals surface area contributed by atoms with Crippen molar-refractivity contribution < 1.29 is 0 Å². The second-order valence-corrected chi connectivity index (χ2v) is 7.77. The quantitative estimate of drug-likeness (QED) is 0.923. The number of nitrogens with one attached hydrogen (secondary N) is 1. The standard InChI is InChI=1S/C15H27N3S/c1-11(2)13-6-16-14(15(3,4)5)8-18(13)7-12-9-19-10-17-12/h9-11,13-14,16H,6-8H2,1-5H3. The van der Waals surface area contributed by atoms with Crippen LogP contribution in [-0.2, 0) is 6.54 Å². The van der Waals surface area contributed by atoms with Gasteiger partial charge >= 0.3 is 0 Å². The van der Waals surface area contributed by atoms with Gasteiger partial charge in [-0.15, -0.1) is 11.3 Å². The Morgan fingerprint density at radius 2 is 2.21 bits per heavy atom. The number of thiazole rings is 1. The minimum absolute atomic E-state index is 0.308. The van der Waals surface area contributed by atoms with Crippen LogP contribution < -0.4 is 5.32 Å². The Bertz CT molecular complexity index is 381. The van der Waals surface area contributed by atoms with E-state index in [1.165, 1.54) is 5.69 Å². The lowest BCUT2D eigenvalue weighted by Crippen LogP contribution is -2.61. The molecule has 2 unspecified atom stereocenters. The summed E-state index contributed by atoms with van der Waals surface area (Å²) in [5.74, 6) is 0.673. The summed E-state index contributed by atoms with van der Waals surface area (Å²) in [6.07, 6.45) is 0. The molecule has 1 saturated heterocycles. The van der Waals surface area contributed by atoms with Gasteiger partial charge in [-0.25, -0.2) is 4.98 Å². The van der Waals surface area contributed by atoms with E-state index in [2.05, 4.69) is 55.2 Å². The van der Waals surface area contributed by atoms with Gasteiger partial charge < -0.3 is 5.32 Å². The van der Waals surface area contributed by atoms with Crippen molar-refractivity contribution in [1.82, 2.24) is 15.2 Å². The first kappa shape index (κ1) is 14.9. The number of hydrogen-bond donors (Lipinski definition) is 1. The molecule has 0 aliphatic carbocycles. The molecule has 0 spiro atoms. The summed E-state index contributed by atoms with van der Waals surface area (Å²) in [6.45, 7) is 14.8. The maximum atomic E-state index is 4.45. The molecule has 1 aliphatic rings. The van der Waals surface area contributed by atoms with Crippen LogP contribution in [-0.4, -0.2) is 35.1 Å². The van der Waals surface area contributed by atoms with Crippen LogP contribution in [0, 0.1) is 11.3 Å². The molecule has 2 rings (SSSR count). The number of piperazine rings is 1. The highest BCUT2D eigenvalue weighted by Gasteiger charge is 2.35. The average Bonchev–Trinajstić information content (AvgIpc) is 2.80. The molecule has 0 saturated carbocycles. The van der Waals surface area contributed by atoms with Crippen molar-refractivity contribution in [3.63, 3.8) is 0 Å². The first-order valence-electron chi connectivity index (χ1n) is 7.22. The van der Waals surface area contributed by atoms with E-state index >= 15 is 0 Å². The fraction of sp³-hybridized carbons (Fsp3) is 0.800. The molecule has 1 aliphatic heterocycles. The summed E-state index contributed by atoms with van der Waals surface area (Å²) in [4.78, 5) is 7.06. The van der Waals surface area contributed by atoms with Crippen LogP contribution in [0.5, 0.6) is 0 Å². The smallest absolute Gasteiger partial charge is 0.0795 e. The third kappa shape index (κ3) is 3.77. The fourth-order valence-corrected chi connectivity index (χ4v) is 3.32. The largest absolute Gasteiger partial charge is 0.311 e.